The van der Waals surface area contributed by atoms with Gasteiger partial charge in [0.05, 0.1) is 6.07 Å². The van der Waals surface area contributed by atoms with Crippen LogP contribution < -0.4 is 0 Å². The molecule has 0 aliphatic carbocycles. The van der Waals surface area contributed by atoms with Crippen molar-refractivity contribution in [2.45, 2.75) is 34.6 Å². The van der Waals surface area contributed by atoms with Crippen LogP contribution in [0.5, 0.6) is 0 Å². The van der Waals surface area contributed by atoms with Crippen molar-refractivity contribution in [1.29, 1.82) is 5.26 Å². The highest BCUT2D eigenvalue weighted by Gasteiger charge is 2.11. The molecule has 0 radical (unpaired) electrons. The van der Waals surface area contributed by atoms with Crippen LogP contribution >= 0.6 is 0 Å². The largest absolute Gasteiger partial charge is 0.193 e. The Kier molecular flexibility index (Phi) is 3.76. The maximum absolute atomic E-state index is 8.40. The molecule has 0 heterocycles. The summed E-state index contributed by atoms with van der Waals surface area (Å²) in [5.74, 6) is 0. The molecule has 0 saturated heterocycles. The smallest absolute Gasteiger partial charge is 0.0914 e. The van der Waals surface area contributed by atoms with Crippen molar-refractivity contribution in [3.05, 3.63) is 23.3 Å². The van der Waals surface area contributed by atoms with Crippen LogP contribution in [0.3, 0.4) is 0 Å². The predicted octanol–water partition coefficient (Wildman–Crippen LogP) is 3.45. The Morgan fingerprint density at radius 2 is 1.75 bits per heavy atom. The number of rotatable bonds is 1. The van der Waals surface area contributed by atoms with Gasteiger partial charge in [-0.05, 0) is 24.8 Å². The third kappa shape index (κ3) is 3.98. The Bertz CT molecular complexity index is 243. The second-order valence-corrected chi connectivity index (χ2v) is 4.09. The molecular weight excluding hydrogens is 146 g/mol. The van der Waals surface area contributed by atoms with E-state index in [2.05, 4.69) is 33.8 Å². The Morgan fingerprint density at radius 1 is 1.25 bits per heavy atom. The molecule has 12 heavy (non-hydrogen) atoms. The zero-order valence-corrected chi connectivity index (χ0v) is 8.60. The van der Waals surface area contributed by atoms with Gasteiger partial charge in [-0.15, -0.1) is 0 Å². The molecule has 0 aromatic rings. The van der Waals surface area contributed by atoms with E-state index in [0.717, 1.165) is 5.57 Å². The molecule has 0 saturated carbocycles. The standard InChI is InChI=1S/C11H17N/c1-9(6-7-12)8-10(2)11(3,4)5/h6,8H,1-5H3/b9-6+,10-8+. The summed E-state index contributed by atoms with van der Waals surface area (Å²) >= 11 is 0. The average molecular weight is 163 g/mol. The normalized spacial score (nSPS) is 14.3. The molecule has 0 spiro atoms. The zero-order chi connectivity index (χ0) is 9.78. The maximum Gasteiger partial charge on any atom is 0.0914 e. The van der Waals surface area contributed by atoms with Crippen molar-refractivity contribution in [2.24, 2.45) is 5.41 Å². The van der Waals surface area contributed by atoms with Crippen molar-refractivity contribution in [1.82, 2.24) is 0 Å². The van der Waals surface area contributed by atoms with Gasteiger partial charge in [0.2, 0.25) is 0 Å². The van der Waals surface area contributed by atoms with E-state index in [1.54, 1.807) is 6.08 Å². The van der Waals surface area contributed by atoms with E-state index in [0.29, 0.717) is 0 Å². The van der Waals surface area contributed by atoms with E-state index in [9.17, 15) is 0 Å². The van der Waals surface area contributed by atoms with Gasteiger partial charge in [0, 0.05) is 6.08 Å². The first-order valence-electron chi connectivity index (χ1n) is 4.13. The summed E-state index contributed by atoms with van der Waals surface area (Å²) in [5.41, 5.74) is 2.52. The molecule has 0 bridgehead atoms. The lowest BCUT2D eigenvalue weighted by Crippen LogP contribution is -2.06. The minimum Gasteiger partial charge on any atom is -0.193 e. The summed E-state index contributed by atoms with van der Waals surface area (Å²) in [5, 5.41) is 8.40. The maximum atomic E-state index is 8.40. The molecular formula is C11H17N. The molecule has 0 N–H and O–H groups in total. The predicted molar refractivity (Wildman–Crippen MR) is 52.6 cm³/mol. The van der Waals surface area contributed by atoms with E-state index >= 15 is 0 Å². The van der Waals surface area contributed by atoms with Crippen LogP contribution in [-0.2, 0) is 0 Å². The van der Waals surface area contributed by atoms with Gasteiger partial charge in [0.15, 0.2) is 0 Å². The molecule has 0 aromatic carbocycles. The van der Waals surface area contributed by atoms with Gasteiger partial charge in [-0.1, -0.05) is 32.4 Å². The topological polar surface area (TPSA) is 23.8 Å². The van der Waals surface area contributed by atoms with Crippen LogP contribution in [0.25, 0.3) is 0 Å². The van der Waals surface area contributed by atoms with E-state index in [1.807, 2.05) is 13.0 Å². The highest BCUT2D eigenvalue weighted by atomic mass is 14.2. The van der Waals surface area contributed by atoms with Crippen LogP contribution in [0.4, 0.5) is 0 Å². The van der Waals surface area contributed by atoms with Gasteiger partial charge >= 0.3 is 0 Å². The van der Waals surface area contributed by atoms with Crippen molar-refractivity contribution < 1.29 is 0 Å². The van der Waals surface area contributed by atoms with Crippen molar-refractivity contribution in [2.75, 3.05) is 0 Å². The van der Waals surface area contributed by atoms with E-state index in [4.69, 9.17) is 5.26 Å². The summed E-state index contributed by atoms with van der Waals surface area (Å²) in [7, 11) is 0. The Balaban J connectivity index is 4.61. The highest BCUT2D eigenvalue weighted by Crippen LogP contribution is 2.25. The van der Waals surface area contributed by atoms with Crippen LogP contribution in [0.1, 0.15) is 34.6 Å². The molecule has 1 heteroatoms. The summed E-state index contributed by atoms with van der Waals surface area (Å²) in [6.07, 6.45) is 3.62. The van der Waals surface area contributed by atoms with Gasteiger partial charge in [-0.25, -0.2) is 0 Å². The molecule has 0 aromatic heterocycles. The molecule has 0 atom stereocenters. The quantitative estimate of drug-likeness (QED) is 0.429. The summed E-state index contributed by atoms with van der Waals surface area (Å²) in [6, 6.07) is 2.02. The van der Waals surface area contributed by atoms with Gasteiger partial charge in [0.1, 0.15) is 0 Å². The lowest BCUT2D eigenvalue weighted by atomic mass is 9.86. The number of hydrogen-bond acceptors (Lipinski definition) is 1. The summed E-state index contributed by atoms with van der Waals surface area (Å²) in [4.78, 5) is 0. The van der Waals surface area contributed by atoms with E-state index < -0.39 is 0 Å². The third-order valence-electron chi connectivity index (χ3n) is 1.92. The fourth-order valence-electron chi connectivity index (χ4n) is 0.701. The molecule has 0 fully saturated rings. The average Bonchev–Trinajstić information content (AvgIpc) is 1.85. The molecule has 1 nitrogen and oxygen atoms in total. The van der Waals surface area contributed by atoms with Crippen LogP contribution in [-0.4, -0.2) is 0 Å². The van der Waals surface area contributed by atoms with Gasteiger partial charge in [-0.3, -0.25) is 0 Å². The molecule has 0 aliphatic heterocycles. The third-order valence-corrected chi connectivity index (χ3v) is 1.92. The molecule has 0 rings (SSSR count). The van der Waals surface area contributed by atoms with Crippen molar-refractivity contribution in [3.63, 3.8) is 0 Å². The van der Waals surface area contributed by atoms with Crippen LogP contribution in [0.15, 0.2) is 23.3 Å². The Morgan fingerprint density at radius 3 is 2.08 bits per heavy atom. The van der Waals surface area contributed by atoms with Gasteiger partial charge in [-0.2, -0.15) is 5.26 Å². The number of allylic oxidation sites excluding steroid dienone is 4. The van der Waals surface area contributed by atoms with Crippen LogP contribution in [0.2, 0.25) is 0 Å². The monoisotopic (exact) mass is 163 g/mol. The van der Waals surface area contributed by atoms with Crippen LogP contribution in [0, 0.1) is 16.7 Å². The van der Waals surface area contributed by atoms with Crippen molar-refractivity contribution >= 4 is 0 Å². The molecule has 66 valence electrons. The highest BCUT2D eigenvalue weighted by molar-refractivity contribution is 5.27. The lowest BCUT2D eigenvalue weighted by Gasteiger charge is -2.19. The summed E-state index contributed by atoms with van der Waals surface area (Å²) in [6.45, 7) is 10.5. The first kappa shape index (κ1) is 11.0. The summed E-state index contributed by atoms with van der Waals surface area (Å²) < 4.78 is 0. The number of nitrogens with zero attached hydrogens (tertiary/aromatic N) is 1. The molecule has 0 amide bonds. The number of nitriles is 1. The molecule has 0 unspecified atom stereocenters. The Hall–Kier alpha value is -1.03. The van der Waals surface area contributed by atoms with Gasteiger partial charge in [0.25, 0.3) is 0 Å². The Labute approximate surface area is 75.4 Å². The second kappa shape index (κ2) is 4.11. The van der Waals surface area contributed by atoms with Crippen molar-refractivity contribution in [3.8, 4) is 6.07 Å². The lowest BCUT2D eigenvalue weighted by molar-refractivity contribution is 0.503. The fraction of sp³-hybridized carbons (Fsp3) is 0.545. The SMILES string of the molecule is CC(=C\C#N)/C=C(\C)C(C)(C)C. The first-order valence-corrected chi connectivity index (χ1v) is 4.13. The minimum absolute atomic E-state index is 0.199. The van der Waals surface area contributed by atoms with Gasteiger partial charge < -0.3 is 0 Å². The zero-order valence-electron chi connectivity index (χ0n) is 8.60. The fourth-order valence-corrected chi connectivity index (χ4v) is 0.701. The minimum atomic E-state index is 0.199. The second-order valence-electron chi connectivity index (χ2n) is 4.09. The molecule has 0 aliphatic rings. The van der Waals surface area contributed by atoms with E-state index in [1.165, 1.54) is 5.57 Å². The number of hydrogen-bond donors (Lipinski definition) is 0. The van der Waals surface area contributed by atoms with E-state index in [-0.39, 0.29) is 5.41 Å². The first-order chi connectivity index (χ1) is 5.38.